The van der Waals surface area contributed by atoms with Crippen molar-refractivity contribution in [3.05, 3.63) is 29.3 Å². The minimum Gasteiger partial charge on any atom is -0.309 e. The van der Waals surface area contributed by atoms with Crippen LogP contribution in [0.2, 0.25) is 0 Å². The van der Waals surface area contributed by atoms with Gasteiger partial charge in [0.2, 0.25) is 5.91 Å². The second-order valence-electron chi connectivity index (χ2n) is 5.09. The fourth-order valence-electron chi connectivity index (χ4n) is 2.68. The van der Waals surface area contributed by atoms with Crippen molar-refractivity contribution in [3.63, 3.8) is 0 Å². The molecule has 4 nitrogen and oxygen atoms in total. The molecule has 1 fully saturated rings. The number of aryl methyl sites for hydroxylation is 2. The molecule has 0 aliphatic carbocycles. The SMILES string of the molecule is Cc1cccc(C)c1N1CCN(C)C(CC#N)C1=O. The van der Waals surface area contributed by atoms with Crippen molar-refractivity contribution in [2.45, 2.75) is 26.3 Å². The van der Waals surface area contributed by atoms with Gasteiger partial charge in [-0.3, -0.25) is 9.69 Å². The monoisotopic (exact) mass is 257 g/mol. The van der Waals surface area contributed by atoms with Crippen LogP contribution in [0.1, 0.15) is 17.5 Å². The molecule has 0 saturated carbocycles. The standard InChI is InChI=1S/C15H19N3O/c1-11-5-4-6-12(2)14(11)18-10-9-17(3)13(7-8-16)15(18)19/h4-6,13H,7,9-10H2,1-3H3. The molecule has 0 spiro atoms. The van der Waals surface area contributed by atoms with Gasteiger partial charge in [0.15, 0.2) is 0 Å². The maximum absolute atomic E-state index is 12.6. The zero-order valence-corrected chi connectivity index (χ0v) is 11.7. The van der Waals surface area contributed by atoms with Gasteiger partial charge in [-0.15, -0.1) is 0 Å². The Balaban J connectivity index is 2.36. The van der Waals surface area contributed by atoms with Gasteiger partial charge in [0.25, 0.3) is 0 Å². The van der Waals surface area contributed by atoms with E-state index in [1.807, 2.05) is 48.9 Å². The van der Waals surface area contributed by atoms with Crippen molar-refractivity contribution in [2.75, 3.05) is 25.0 Å². The number of likely N-dealkylation sites (N-methyl/N-ethyl adjacent to an activating group) is 1. The summed E-state index contributed by atoms with van der Waals surface area (Å²) >= 11 is 0. The molecule has 1 unspecified atom stereocenters. The predicted octanol–water partition coefficient (Wildman–Crippen LogP) is 1.86. The van der Waals surface area contributed by atoms with Gasteiger partial charge >= 0.3 is 0 Å². The number of para-hydroxylation sites is 1. The summed E-state index contributed by atoms with van der Waals surface area (Å²) < 4.78 is 0. The van der Waals surface area contributed by atoms with Crippen molar-refractivity contribution in [1.29, 1.82) is 5.26 Å². The van der Waals surface area contributed by atoms with Crippen molar-refractivity contribution in [3.8, 4) is 6.07 Å². The van der Waals surface area contributed by atoms with E-state index in [2.05, 4.69) is 6.07 Å². The Labute approximate surface area is 114 Å². The van der Waals surface area contributed by atoms with E-state index in [9.17, 15) is 4.79 Å². The number of hydrogen-bond donors (Lipinski definition) is 0. The number of nitrogens with zero attached hydrogens (tertiary/aromatic N) is 3. The number of anilines is 1. The summed E-state index contributed by atoms with van der Waals surface area (Å²) in [4.78, 5) is 16.4. The second kappa shape index (κ2) is 5.41. The lowest BCUT2D eigenvalue weighted by molar-refractivity contribution is -0.125. The van der Waals surface area contributed by atoms with Crippen LogP contribution in [0, 0.1) is 25.2 Å². The van der Waals surface area contributed by atoms with Crippen molar-refractivity contribution in [2.24, 2.45) is 0 Å². The molecule has 1 aromatic carbocycles. The van der Waals surface area contributed by atoms with Crippen LogP contribution in [0.25, 0.3) is 0 Å². The van der Waals surface area contributed by atoms with Gasteiger partial charge in [-0.25, -0.2) is 0 Å². The molecule has 4 heteroatoms. The van der Waals surface area contributed by atoms with Crippen LogP contribution in [-0.2, 0) is 4.79 Å². The number of hydrogen-bond acceptors (Lipinski definition) is 3. The summed E-state index contributed by atoms with van der Waals surface area (Å²) in [5.74, 6) is 0.0349. The average Bonchev–Trinajstić information content (AvgIpc) is 2.37. The maximum atomic E-state index is 12.6. The summed E-state index contributed by atoms with van der Waals surface area (Å²) in [5.41, 5.74) is 3.21. The van der Waals surface area contributed by atoms with Crippen molar-refractivity contribution < 1.29 is 4.79 Å². The van der Waals surface area contributed by atoms with Gasteiger partial charge in [0.05, 0.1) is 12.5 Å². The highest BCUT2D eigenvalue weighted by molar-refractivity contribution is 5.99. The Morgan fingerprint density at radius 2 is 1.95 bits per heavy atom. The molecule has 1 aromatic rings. The van der Waals surface area contributed by atoms with E-state index in [1.54, 1.807) is 0 Å². The Morgan fingerprint density at radius 3 is 2.53 bits per heavy atom. The Bertz CT molecular complexity index is 512. The molecular weight excluding hydrogens is 238 g/mol. The average molecular weight is 257 g/mol. The highest BCUT2D eigenvalue weighted by Crippen LogP contribution is 2.27. The molecule has 1 amide bonds. The first-order chi connectivity index (χ1) is 9.06. The van der Waals surface area contributed by atoms with E-state index in [0.29, 0.717) is 6.54 Å². The second-order valence-corrected chi connectivity index (χ2v) is 5.09. The zero-order chi connectivity index (χ0) is 14.0. The fourth-order valence-corrected chi connectivity index (χ4v) is 2.68. The molecule has 1 heterocycles. The normalized spacial score (nSPS) is 20.4. The van der Waals surface area contributed by atoms with Crippen molar-refractivity contribution in [1.82, 2.24) is 4.90 Å². The van der Waals surface area contributed by atoms with Crippen molar-refractivity contribution >= 4 is 11.6 Å². The van der Waals surface area contributed by atoms with E-state index in [4.69, 9.17) is 5.26 Å². The topological polar surface area (TPSA) is 47.3 Å². The van der Waals surface area contributed by atoms with Gasteiger partial charge in [-0.05, 0) is 32.0 Å². The van der Waals surface area contributed by atoms with Crippen LogP contribution in [0.15, 0.2) is 18.2 Å². The van der Waals surface area contributed by atoms with Crippen LogP contribution in [-0.4, -0.2) is 37.0 Å². The quantitative estimate of drug-likeness (QED) is 0.812. The van der Waals surface area contributed by atoms with Crippen LogP contribution < -0.4 is 4.90 Å². The largest absolute Gasteiger partial charge is 0.309 e. The fraction of sp³-hybridized carbons (Fsp3) is 0.467. The van der Waals surface area contributed by atoms with Gasteiger partial charge in [-0.2, -0.15) is 5.26 Å². The van der Waals surface area contributed by atoms with Crippen LogP contribution >= 0.6 is 0 Å². The Morgan fingerprint density at radius 1 is 1.32 bits per heavy atom. The van der Waals surface area contributed by atoms with E-state index >= 15 is 0 Å². The van der Waals surface area contributed by atoms with Crippen LogP contribution in [0.4, 0.5) is 5.69 Å². The molecule has 2 rings (SSSR count). The van der Waals surface area contributed by atoms with Gasteiger partial charge < -0.3 is 4.90 Å². The van der Waals surface area contributed by atoms with Crippen LogP contribution in [0.3, 0.4) is 0 Å². The molecule has 0 bridgehead atoms. The minimum atomic E-state index is -0.322. The molecular formula is C15H19N3O. The predicted molar refractivity (Wildman–Crippen MR) is 74.9 cm³/mol. The van der Waals surface area contributed by atoms with E-state index < -0.39 is 0 Å². The zero-order valence-electron chi connectivity index (χ0n) is 11.7. The summed E-state index contributed by atoms with van der Waals surface area (Å²) in [6.07, 6.45) is 0.247. The minimum absolute atomic E-state index is 0.0349. The van der Waals surface area contributed by atoms with E-state index in [-0.39, 0.29) is 18.4 Å². The van der Waals surface area contributed by atoms with E-state index in [0.717, 1.165) is 23.4 Å². The molecule has 1 aliphatic rings. The third-order valence-electron chi connectivity index (χ3n) is 3.75. The number of carbonyl (C=O) groups excluding carboxylic acids is 1. The van der Waals surface area contributed by atoms with E-state index in [1.165, 1.54) is 0 Å². The Kier molecular flexibility index (Phi) is 3.87. The summed E-state index contributed by atoms with van der Waals surface area (Å²) in [6.45, 7) is 5.52. The number of piperazine rings is 1. The first-order valence-electron chi connectivity index (χ1n) is 6.51. The number of benzene rings is 1. The molecule has 19 heavy (non-hydrogen) atoms. The summed E-state index contributed by atoms with van der Waals surface area (Å²) in [7, 11) is 1.90. The molecule has 1 atom stereocenters. The molecule has 100 valence electrons. The number of rotatable bonds is 2. The van der Waals surface area contributed by atoms with Crippen LogP contribution in [0.5, 0.6) is 0 Å². The first kappa shape index (κ1) is 13.6. The summed E-state index contributed by atoms with van der Waals surface area (Å²) in [5, 5.41) is 8.87. The van der Waals surface area contributed by atoms with Gasteiger partial charge in [-0.1, -0.05) is 18.2 Å². The Hall–Kier alpha value is -1.86. The maximum Gasteiger partial charge on any atom is 0.245 e. The molecule has 1 aliphatic heterocycles. The highest BCUT2D eigenvalue weighted by atomic mass is 16.2. The molecule has 0 aromatic heterocycles. The van der Waals surface area contributed by atoms with Gasteiger partial charge in [0.1, 0.15) is 6.04 Å². The number of carbonyl (C=O) groups is 1. The third-order valence-corrected chi connectivity index (χ3v) is 3.75. The highest BCUT2D eigenvalue weighted by Gasteiger charge is 2.34. The number of amides is 1. The first-order valence-corrected chi connectivity index (χ1v) is 6.51. The molecule has 0 N–H and O–H groups in total. The third kappa shape index (κ3) is 2.47. The molecule has 1 saturated heterocycles. The lowest BCUT2D eigenvalue weighted by atomic mass is 10.0. The molecule has 0 radical (unpaired) electrons. The van der Waals surface area contributed by atoms with Gasteiger partial charge in [0, 0.05) is 18.8 Å². The number of nitriles is 1. The lowest BCUT2D eigenvalue weighted by Crippen LogP contribution is -2.56. The summed E-state index contributed by atoms with van der Waals surface area (Å²) in [6, 6.07) is 7.83. The lowest BCUT2D eigenvalue weighted by Gasteiger charge is -2.38. The smallest absolute Gasteiger partial charge is 0.245 e.